The molecule has 91 valence electrons. The van der Waals surface area contributed by atoms with Crippen molar-refractivity contribution in [2.45, 2.75) is 18.9 Å². The van der Waals surface area contributed by atoms with Crippen LogP contribution in [-0.4, -0.2) is 79.9 Å². The lowest BCUT2D eigenvalue weighted by Gasteiger charge is -2.41. The summed E-state index contributed by atoms with van der Waals surface area (Å²) in [5.74, 6) is 0. The smallest absolute Gasteiger partial charge is 0.213 e. The maximum atomic E-state index is 10.3. The fourth-order valence-corrected chi connectivity index (χ4v) is 2.72. The van der Waals surface area contributed by atoms with Crippen molar-refractivity contribution in [2.75, 3.05) is 52.9 Å². The third-order valence-corrected chi connectivity index (χ3v) is 3.90. The van der Waals surface area contributed by atoms with Crippen LogP contribution in [0.5, 0.6) is 0 Å². The van der Waals surface area contributed by atoms with Crippen molar-refractivity contribution in [2.24, 2.45) is 0 Å². The Balaban J connectivity index is 1.74. The number of piperidine rings is 1. The highest BCUT2D eigenvalue weighted by Gasteiger charge is 2.26. The number of piperazine rings is 1. The SMILES string of the molecule is CN1CCN(C2CCN(C[C]=O)CC2)CC1. The molecule has 0 aromatic heterocycles. The first-order valence-corrected chi connectivity index (χ1v) is 6.29. The summed E-state index contributed by atoms with van der Waals surface area (Å²) in [6.45, 7) is 7.43. The molecular formula is C12H22N3O. The number of likely N-dealkylation sites (N-methyl/N-ethyl adjacent to an activating group) is 1. The third-order valence-electron chi connectivity index (χ3n) is 3.90. The molecule has 4 nitrogen and oxygen atoms in total. The molecule has 0 bridgehead atoms. The Kier molecular flexibility index (Phi) is 4.32. The molecule has 0 unspecified atom stereocenters. The van der Waals surface area contributed by atoms with E-state index in [1.807, 2.05) is 6.29 Å². The minimum Gasteiger partial charge on any atom is -0.304 e. The minimum absolute atomic E-state index is 0.495. The standard InChI is InChI=1S/C12H22N3O/c1-13-6-8-15(9-7-13)12-2-4-14(5-3-12)10-11-16/h12H,2-10H2,1H3. The maximum absolute atomic E-state index is 10.3. The van der Waals surface area contributed by atoms with E-state index in [-0.39, 0.29) is 0 Å². The van der Waals surface area contributed by atoms with Gasteiger partial charge in [0.25, 0.3) is 0 Å². The molecule has 2 rings (SSSR count). The first-order valence-electron chi connectivity index (χ1n) is 6.29. The van der Waals surface area contributed by atoms with E-state index < -0.39 is 0 Å². The van der Waals surface area contributed by atoms with Gasteiger partial charge in [0.2, 0.25) is 6.29 Å². The van der Waals surface area contributed by atoms with Gasteiger partial charge < -0.3 is 4.90 Å². The van der Waals surface area contributed by atoms with Crippen LogP contribution in [0.3, 0.4) is 0 Å². The average molecular weight is 224 g/mol. The molecule has 0 aromatic rings. The van der Waals surface area contributed by atoms with E-state index in [0.717, 1.165) is 19.1 Å². The molecule has 2 fully saturated rings. The van der Waals surface area contributed by atoms with Gasteiger partial charge in [0.05, 0.1) is 6.54 Å². The molecule has 2 aliphatic heterocycles. The lowest BCUT2D eigenvalue weighted by atomic mass is 10.0. The summed E-state index contributed by atoms with van der Waals surface area (Å²) in [4.78, 5) is 17.5. The normalized spacial score (nSPS) is 27.1. The van der Waals surface area contributed by atoms with E-state index in [1.165, 1.54) is 39.0 Å². The van der Waals surface area contributed by atoms with E-state index in [1.54, 1.807) is 0 Å². The van der Waals surface area contributed by atoms with E-state index >= 15 is 0 Å². The Labute approximate surface area is 98.2 Å². The number of carbonyl (C=O) groups excluding carboxylic acids is 1. The molecule has 0 spiro atoms. The average Bonchev–Trinajstić information content (AvgIpc) is 2.32. The molecular weight excluding hydrogens is 202 g/mol. The third kappa shape index (κ3) is 3.03. The van der Waals surface area contributed by atoms with E-state index in [9.17, 15) is 4.79 Å². The highest BCUT2D eigenvalue weighted by molar-refractivity contribution is 5.53. The number of rotatable bonds is 3. The van der Waals surface area contributed by atoms with Crippen molar-refractivity contribution >= 4 is 6.29 Å². The van der Waals surface area contributed by atoms with Gasteiger partial charge in [-0.3, -0.25) is 14.6 Å². The summed E-state index contributed by atoms with van der Waals surface area (Å²) in [6, 6.07) is 0.747. The van der Waals surface area contributed by atoms with Crippen LogP contribution in [-0.2, 0) is 4.79 Å². The van der Waals surface area contributed by atoms with Gasteiger partial charge in [0, 0.05) is 45.3 Å². The largest absolute Gasteiger partial charge is 0.304 e. The summed E-state index contributed by atoms with van der Waals surface area (Å²) < 4.78 is 0. The zero-order valence-electron chi connectivity index (χ0n) is 10.2. The lowest BCUT2D eigenvalue weighted by Crippen LogP contribution is -2.52. The van der Waals surface area contributed by atoms with Crippen molar-refractivity contribution in [3.63, 3.8) is 0 Å². The molecule has 4 heteroatoms. The zero-order valence-corrected chi connectivity index (χ0v) is 10.2. The number of likely N-dealkylation sites (tertiary alicyclic amines) is 1. The topological polar surface area (TPSA) is 26.8 Å². The van der Waals surface area contributed by atoms with Crippen LogP contribution in [0.25, 0.3) is 0 Å². The summed E-state index contributed by atoms with van der Waals surface area (Å²) in [6.07, 6.45) is 4.42. The quantitative estimate of drug-likeness (QED) is 0.664. The van der Waals surface area contributed by atoms with Crippen LogP contribution in [0.2, 0.25) is 0 Å². The lowest BCUT2D eigenvalue weighted by molar-refractivity contribution is 0.0716. The Bertz CT molecular complexity index is 218. The second-order valence-electron chi connectivity index (χ2n) is 4.99. The zero-order chi connectivity index (χ0) is 11.4. The molecule has 0 saturated carbocycles. The maximum Gasteiger partial charge on any atom is 0.213 e. The highest BCUT2D eigenvalue weighted by atomic mass is 16.1. The molecule has 2 heterocycles. The number of nitrogens with zero attached hydrogens (tertiary/aromatic N) is 3. The molecule has 0 aliphatic carbocycles. The molecule has 0 atom stereocenters. The van der Waals surface area contributed by atoms with Gasteiger partial charge >= 0.3 is 0 Å². The fourth-order valence-electron chi connectivity index (χ4n) is 2.72. The Morgan fingerprint density at radius 3 is 2.25 bits per heavy atom. The molecule has 0 aromatic carbocycles. The van der Waals surface area contributed by atoms with Crippen LogP contribution in [0, 0.1) is 0 Å². The van der Waals surface area contributed by atoms with Gasteiger partial charge in [-0.1, -0.05) is 0 Å². The van der Waals surface area contributed by atoms with Crippen LogP contribution >= 0.6 is 0 Å². The van der Waals surface area contributed by atoms with Crippen molar-refractivity contribution in [3.05, 3.63) is 0 Å². The summed E-state index contributed by atoms with van der Waals surface area (Å²) in [5, 5.41) is 0. The fraction of sp³-hybridized carbons (Fsp3) is 0.917. The van der Waals surface area contributed by atoms with Gasteiger partial charge in [-0.25, -0.2) is 0 Å². The van der Waals surface area contributed by atoms with E-state index in [0.29, 0.717) is 6.54 Å². The second-order valence-corrected chi connectivity index (χ2v) is 4.99. The predicted molar refractivity (Wildman–Crippen MR) is 64.2 cm³/mol. The van der Waals surface area contributed by atoms with E-state index in [2.05, 4.69) is 21.7 Å². The van der Waals surface area contributed by atoms with Crippen molar-refractivity contribution in [3.8, 4) is 0 Å². The van der Waals surface area contributed by atoms with Gasteiger partial charge in [-0.15, -0.1) is 0 Å². The molecule has 0 N–H and O–H groups in total. The molecule has 1 radical (unpaired) electrons. The molecule has 0 amide bonds. The second kappa shape index (κ2) is 5.75. The summed E-state index contributed by atoms with van der Waals surface area (Å²) in [5.41, 5.74) is 0. The van der Waals surface area contributed by atoms with Crippen molar-refractivity contribution < 1.29 is 4.79 Å². The first-order chi connectivity index (χ1) is 7.79. The van der Waals surface area contributed by atoms with Gasteiger partial charge in [-0.2, -0.15) is 0 Å². The minimum atomic E-state index is 0.495. The van der Waals surface area contributed by atoms with Crippen molar-refractivity contribution in [1.82, 2.24) is 14.7 Å². The van der Waals surface area contributed by atoms with Crippen LogP contribution in [0.1, 0.15) is 12.8 Å². The number of hydrogen-bond donors (Lipinski definition) is 0. The van der Waals surface area contributed by atoms with Crippen LogP contribution < -0.4 is 0 Å². The van der Waals surface area contributed by atoms with Gasteiger partial charge in [-0.05, 0) is 19.9 Å². The Morgan fingerprint density at radius 2 is 1.69 bits per heavy atom. The predicted octanol–water partition coefficient (Wildman–Crippen LogP) is -0.192. The van der Waals surface area contributed by atoms with Gasteiger partial charge in [0.15, 0.2) is 0 Å². The monoisotopic (exact) mass is 224 g/mol. The molecule has 2 aliphatic rings. The Morgan fingerprint density at radius 1 is 1.06 bits per heavy atom. The summed E-state index contributed by atoms with van der Waals surface area (Å²) >= 11 is 0. The number of hydrogen-bond acceptors (Lipinski definition) is 4. The molecule has 16 heavy (non-hydrogen) atoms. The highest BCUT2D eigenvalue weighted by Crippen LogP contribution is 2.17. The summed E-state index contributed by atoms with van der Waals surface area (Å²) in [7, 11) is 2.19. The van der Waals surface area contributed by atoms with Crippen molar-refractivity contribution in [1.29, 1.82) is 0 Å². The van der Waals surface area contributed by atoms with Gasteiger partial charge in [0.1, 0.15) is 0 Å². The first kappa shape index (κ1) is 12.0. The van der Waals surface area contributed by atoms with Crippen LogP contribution in [0.4, 0.5) is 0 Å². The van der Waals surface area contributed by atoms with E-state index in [4.69, 9.17) is 0 Å². The van der Waals surface area contributed by atoms with Crippen LogP contribution in [0.15, 0.2) is 0 Å². The Hall–Kier alpha value is -0.450. The molecule has 2 saturated heterocycles.